The Kier molecular flexibility index (Phi) is 11.7. The number of aryl methyl sites for hydroxylation is 1. The van der Waals surface area contributed by atoms with Gasteiger partial charge in [-0.25, -0.2) is 8.42 Å². The van der Waals surface area contributed by atoms with Crippen molar-refractivity contribution >= 4 is 62.3 Å². The van der Waals surface area contributed by atoms with Crippen LogP contribution in [0.3, 0.4) is 0 Å². The molecule has 1 N–H and O–H groups in total. The van der Waals surface area contributed by atoms with E-state index < -0.39 is 28.5 Å². The predicted octanol–water partition coefficient (Wildman–Crippen LogP) is 7.18. The van der Waals surface area contributed by atoms with Gasteiger partial charge in [0, 0.05) is 33.2 Å². The van der Waals surface area contributed by atoms with Gasteiger partial charge in [-0.1, -0.05) is 78.5 Å². The molecule has 0 aromatic heterocycles. The van der Waals surface area contributed by atoms with Crippen molar-refractivity contribution in [1.82, 2.24) is 10.2 Å². The van der Waals surface area contributed by atoms with Crippen molar-refractivity contribution in [1.29, 1.82) is 0 Å². The van der Waals surface area contributed by atoms with Crippen LogP contribution in [0.4, 0.5) is 5.69 Å². The Hall–Kier alpha value is -2.78. The van der Waals surface area contributed by atoms with E-state index in [0.29, 0.717) is 32.6 Å². The first-order valence-electron chi connectivity index (χ1n) is 13.7. The van der Waals surface area contributed by atoms with Gasteiger partial charge < -0.3 is 10.2 Å². The summed E-state index contributed by atoms with van der Waals surface area (Å²) in [6.45, 7) is 8.46. The highest BCUT2D eigenvalue weighted by Gasteiger charge is 2.35. The SMILES string of the molecule is CCC(C)NC(=O)C(CC)N(Cc1c(Cl)cccc1Cl)C(=O)CN(c1cccc(Cl)c1C)S(=O)(=O)c1ccc(C)cc1. The Morgan fingerprint density at radius 1 is 0.857 bits per heavy atom. The lowest BCUT2D eigenvalue weighted by atomic mass is 10.1. The number of anilines is 1. The normalized spacial score (nSPS) is 12.9. The Morgan fingerprint density at radius 2 is 1.43 bits per heavy atom. The Morgan fingerprint density at radius 3 is 2.00 bits per heavy atom. The van der Waals surface area contributed by atoms with E-state index in [1.807, 2.05) is 20.8 Å². The summed E-state index contributed by atoms with van der Waals surface area (Å²) in [5.41, 5.74) is 2.08. The first kappa shape index (κ1) is 33.7. The van der Waals surface area contributed by atoms with Crippen molar-refractivity contribution in [3.8, 4) is 0 Å². The molecule has 0 heterocycles. The van der Waals surface area contributed by atoms with E-state index in [0.717, 1.165) is 9.87 Å². The third-order valence-electron chi connectivity index (χ3n) is 7.17. The Balaban J connectivity index is 2.14. The molecule has 0 spiro atoms. The van der Waals surface area contributed by atoms with Gasteiger partial charge in [-0.15, -0.1) is 0 Å². The minimum atomic E-state index is -4.23. The van der Waals surface area contributed by atoms with Crippen LogP contribution >= 0.6 is 34.8 Å². The zero-order valence-electron chi connectivity index (χ0n) is 24.3. The van der Waals surface area contributed by atoms with Crippen LogP contribution in [-0.4, -0.2) is 43.8 Å². The van der Waals surface area contributed by atoms with Crippen LogP contribution < -0.4 is 9.62 Å². The number of hydrogen-bond acceptors (Lipinski definition) is 4. The van der Waals surface area contributed by atoms with E-state index in [2.05, 4.69) is 5.32 Å². The van der Waals surface area contributed by atoms with Crippen LogP contribution in [0.25, 0.3) is 0 Å². The number of halogens is 3. The molecule has 226 valence electrons. The maximum absolute atomic E-state index is 14.3. The smallest absolute Gasteiger partial charge is 0.264 e. The second-order valence-electron chi connectivity index (χ2n) is 10.2. The second-order valence-corrected chi connectivity index (χ2v) is 13.3. The van der Waals surface area contributed by atoms with Crippen molar-refractivity contribution in [2.45, 2.75) is 71.0 Å². The van der Waals surface area contributed by atoms with Crippen LogP contribution in [0.15, 0.2) is 65.6 Å². The fourth-order valence-corrected chi connectivity index (χ4v) is 6.59. The maximum Gasteiger partial charge on any atom is 0.264 e. The van der Waals surface area contributed by atoms with Gasteiger partial charge in [-0.3, -0.25) is 13.9 Å². The van der Waals surface area contributed by atoms with Gasteiger partial charge in [-0.05, 0) is 75.6 Å². The molecule has 11 heteroatoms. The first-order chi connectivity index (χ1) is 19.8. The second kappa shape index (κ2) is 14.6. The summed E-state index contributed by atoms with van der Waals surface area (Å²) in [7, 11) is -4.23. The maximum atomic E-state index is 14.3. The summed E-state index contributed by atoms with van der Waals surface area (Å²) in [4.78, 5) is 29.1. The molecule has 0 aliphatic heterocycles. The van der Waals surface area contributed by atoms with E-state index in [9.17, 15) is 18.0 Å². The van der Waals surface area contributed by atoms with Gasteiger partial charge >= 0.3 is 0 Å². The molecule has 3 aromatic carbocycles. The number of amides is 2. The molecule has 0 aliphatic rings. The summed E-state index contributed by atoms with van der Waals surface area (Å²) in [5, 5.41) is 3.95. The third-order valence-corrected chi connectivity index (χ3v) is 10.1. The average molecular weight is 653 g/mol. The number of hydrogen-bond donors (Lipinski definition) is 1. The highest BCUT2D eigenvalue weighted by molar-refractivity contribution is 7.92. The van der Waals surface area contributed by atoms with Gasteiger partial charge in [0.2, 0.25) is 11.8 Å². The summed E-state index contributed by atoms with van der Waals surface area (Å²) < 4.78 is 29.2. The van der Waals surface area contributed by atoms with Gasteiger partial charge in [-0.2, -0.15) is 0 Å². The lowest BCUT2D eigenvalue weighted by Crippen LogP contribution is -2.53. The van der Waals surface area contributed by atoms with E-state index in [4.69, 9.17) is 34.8 Å². The average Bonchev–Trinajstić information content (AvgIpc) is 2.94. The van der Waals surface area contributed by atoms with Gasteiger partial charge in [0.1, 0.15) is 12.6 Å². The molecule has 2 unspecified atom stereocenters. The monoisotopic (exact) mass is 651 g/mol. The van der Waals surface area contributed by atoms with Crippen LogP contribution in [0, 0.1) is 13.8 Å². The number of rotatable bonds is 12. The quantitative estimate of drug-likeness (QED) is 0.225. The zero-order chi connectivity index (χ0) is 31.2. The van der Waals surface area contributed by atoms with E-state index in [-0.39, 0.29) is 35.5 Å². The molecule has 42 heavy (non-hydrogen) atoms. The standard InChI is InChI=1S/C31H36Cl3N3O4S/c1-6-21(4)35-31(39)28(7-2)36(18-24-26(33)11-8-12-27(24)34)30(38)19-37(29-13-9-10-25(32)22(29)5)42(40,41)23-16-14-20(3)15-17-23/h8-17,21,28H,6-7,18-19H2,1-5H3,(H,35,39). The molecule has 0 saturated heterocycles. The summed E-state index contributed by atoms with van der Waals surface area (Å²) in [6, 6.07) is 15.2. The van der Waals surface area contributed by atoms with E-state index >= 15 is 0 Å². The van der Waals surface area contributed by atoms with Crippen molar-refractivity contribution in [3.63, 3.8) is 0 Å². The number of nitrogens with zero attached hydrogens (tertiary/aromatic N) is 2. The summed E-state index contributed by atoms with van der Waals surface area (Å²) in [6.07, 6.45) is 0.972. The fourth-order valence-electron chi connectivity index (χ4n) is 4.43. The topological polar surface area (TPSA) is 86.8 Å². The molecular weight excluding hydrogens is 617 g/mol. The molecule has 0 fully saturated rings. The van der Waals surface area contributed by atoms with Gasteiger partial charge in [0.25, 0.3) is 10.0 Å². The molecule has 3 rings (SSSR count). The van der Waals surface area contributed by atoms with Crippen LogP contribution in [-0.2, 0) is 26.2 Å². The number of carbonyl (C=O) groups excluding carboxylic acids is 2. The molecule has 3 aromatic rings. The molecular formula is C31H36Cl3N3O4S. The predicted molar refractivity (Wildman–Crippen MR) is 171 cm³/mol. The highest BCUT2D eigenvalue weighted by atomic mass is 35.5. The molecule has 0 saturated carbocycles. The highest BCUT2D eigenvalue weighted by Crippen LogP contribution is 2.32. The number of carbonyl (C=O) groups is 2. The van der Waals surface area contributed by atoms with Gasteiger partial charge in [0.05, 0.1) is 10.6 Å². The molecule has 2 atom stereocenters. The molecule has 7 nitrogen and oxygen atoms in total. The zero-order valence-corrected chi connectivity index (χ0v) is 27.4. The fraction of sp³-hybridized carbons (Fsp3) is 0.355. The summed E-state index contributed by atoms with van der Waals surface area (Å²) in [5.74, 6) is -0.956. The van der Waals surface area contributed by atoms with Gasteiger partial charge in [0.15, 0.2) is 0 Å². The Labute approximate surface area is 263 Å². The van der Waals surface area contributed by atoms with Crippen LogP contribution in [0.5, 0.6) is 0 Å². The minimum absolute atomic E-state index is 0.0162. The first-order valence-corrected chi connectivity index (χ1v) is 16.3. The van der Waals surface area contributed by atoms with Crippen molar-refractivity contribution in [2.75, 3.05) is 10.8 Å². The lowest BCUT2D eigenvalue weighted by Gasteiger charge is -2.34. The lowest BCUT2D eigenvalue weighted by molar-refractivity contribution is -0.140. The van der Waals surface area contributed by atoms with Crippen LogP contribution in [0.1, 0.15) is 50.3 Å². The largest absolute Gasteiger partial charge is 0.352 e. The van der Waals surface area contributed by atoms with E-state index in [1.54, 1.807) is 62.4 Å². The molecule has 0 aliphatic carbocycles. The molecule has 2 amide bonds. The summed E-state index contributed by atoms with van der Waals surface area (Å²) >= 11 is 19.3. The van der Waals surface area contributed by atoms with Crippen molar-refractivity contribution in [3.05, 3.63) is 92.4 Å². The Bertz CT molecular complexity index is 1510. The molecule has 0 radical (unpaired) electrons. The minimum Gasteiger partial charge on any atom is -0.352 e. The van der Waals surface area contributed by atoms with Crippen molar-refractivity contribution < 1.29 is 18.0 Å². The van der Waals surface area contributed by atoms with E-state index in [1.165, 1.54) is 17.0 Å². The number of sulfonamides is 1. The third kappa shape index (κ3) is 7.78. The van der Waals surface area contributed by atoms with Crippen LogP contribution in [0.2, 0.25) is 15.1 Å². The van der Waals surface area contributed by atoms with Crippen molar-refractivity contribution in [2.24, 2.45) is 0 Å². The number of benzene rings is 3. The number of nitrogens with one attached hydrogen (secondary N) is 1. The molecule has 0 bridgehead atoms.